The summed E-state index contributed by atoms with van der Waals surface area (Å²) in [6, 6.07) is 0. The standard InChI is InChI=1S/C16H32O2/c1-4-5-6-15-7-9-16(13-17,10-8-15)11-12-18-14(2)3/h14-15,17H,4-13H2,1-3H3. The Morgan fingerprint density at radius 3 is 2.44 bits per heavy atom. The van der Waals surface area contributed by atoms with Gasteiger partial charge in [0, 0.05) is 13.2 Å². The van der Waals surface area contributed by atoms with Gasteiger partial charge in [0.2, 0.25) is 0 Å². The second-order valence-electron chi connectivity index (χ2n) is 6.41. The molecule has 1 aliphatic rings. The highest BCUT2D eigenvalue weighted by Crippen LogP contribution is 2.42. The Balaban J connectivity index is 2.30. The Bertz CT molecular complexity index is 205. The van der Waals surface area contributed by atoms with E-state index in [2.05, 4.69) is 20.8 Å². The second kappa shape index (κ2) is 8.16. The number of ether oxygens (including phenoxy) is 1. The Hall–Kier alpha value is -0.0800. The average molecular weight is 256 g/mol. The Morgan fingerprint density at radius 2 is 1.94 bits per heavy atom. The van der Waals surface area contributed by atoms with E-state index in [9.17, 15) is 5.11 Å². The number of aliphatic hydroxyl groups excluding tert-OH is 1. The van der Waals surface area contributed by atoms with Crippen LogP contribution in [-0.4, -0.2) is 24.4 Å². The molecule has 0 unspecified atom stereocenters. The molecule has 0 amide bonds. The maximum absolute atomic E-state index is 9.71. The van der Waals surface area contributed by atoms with Crippen molar-refractivity contribution in [3.8, 4) is 0 Å². The number of aliphatic hydroxyl groups is 1. The predicted molar refractivity (Wildman–Crippen MR) is 76.7 cm³/mol. The van der Waals surface area contributed by atoms with Gasteiger partial charge in [0.1, 0.15) is 0 Å². The van der Waals surface area contributed by atoms with Crippen molar-refractivity contribution in [2.45, 2.75) is 78.2 Å². The van der Waals surface area contributed by atoms with E-state index in [1.807, 2.05) is 0 Å². The highest BCUT2D eigenvalue weighted by Gasteiger charge is 2.34. The maximum atomic E-state index is 9.71. The fourth-order valence-corrected chi connectivity index (χ4v) is 3.07. The lowest BCUT2D eigenvalue weighted by molar-refractivity contribution is 0.00377. The highest BCUT2D eigenvalue weighted by molar-refractivity contribution is 4.85. The molecule has 0 spiro atoms. The quantitative estimate of drug-likeness (QED) is 0.706. The fourth-order valence-electron chi connectivity index (χ4n) is 3.07. The van der Waals surface area contributed by atoms with E-state index in [1.165, 1.54) is 44.9 Å². The zero-order valence-electron chi connectivity index (χ0n) is 12.6. The van der Waals surface area contributed by atoms with Crippen molar-refractivity contribution in [1.29, 1.82) is 0 Å². The molecule has 0 bridgehead atoms. The number of rotatable bonds is 8. The van der Waals surface area contributed by atoms with Crippen molar-refractivity contribution in [3.05, 3.63) is 0 Å². The molecule has 1 saturated carbocycles. The molecule has 0 radical (unpaired) electrons. The van der Waals surface area contributed by atoms with Gasteiger partial charge in [-0.1, -0.05) is 26.2 Å². The van der Waals surface area contributed by atoms with Crippen molar-refractivity contribution in [2.75, 3.05) is 13.2 Å². The molecule has 1 aliphatic carbocycles. The molecule has 0 atom stereocenters. The van der Waals surface area contributed by atoms with Gasteiger partial charge in [0.05, 0.1) is 6.10 Å². The van der Waals surface area contributed by atoms with Crippen LogP contribution in [0.15, 0.2) is 0 Å². The van der Waals surface area contributed by atoms with E-state index in [0.29, 0.717) is 12.7 Å². The molecule has 1 rings (SSSR count). The monoisotopic (exact) mass is 256 g/mol. The van der Waals surface area contributed by atoms with Crippen LogP contribution in [0.25, 0.3) is 0 Å². The molecule has 2 heteroatoms. The van der Waals surface area contributed by atoms with Crippen LogP contribution in [0.3, 0.4) is 0 Å². The third-order valence-corrected chi connectivity index (χ3v) is 4.55. The summed E-state index contributed by atoms with van der Waals surface area (Å²) in [7, 11) is 0. The summed E-state index contributed by atoms with van der Waals surface area (Å²) in [6.07, 6.45) is 10.4. The van der Waals surface area contributed by atoms with Crippen LogP contribution in [0.2, 0.25) is 0 Å². The molecule has 1 fully saturated rings. The zero-order chi connectivity index (χ0) is 13.4. The Labute approximate surface area is 113 Å². The SMILES string of the molecule is CCCCC1CCC(CO)(CCOC(C)C)CC1. The first-order valence-corrected chi connectivity index (χ1v) is 7.84. The maximum Gasteiger partial charge on any atom is 0.0518 e. The lowest BCUT2D eigenvalue weighted by Gasteiger charge is -2.39. The molecule has 0 aromatic heterocycles. The summed E-state index contributed by atoms with van der Waals surface area (Å²) in [4.78, 5) is 0. The normalized spacial score (nSPS) is 28.8. The molecule has 1 N–H and O–H groups in total. The molecular weight excluding hydrogens is 224 g/mol. The van der Waals surface area contributed by atoms with Gasteiger partial charge in [-0.2, -0.15) is 0 Å². The van der Waals surface area contributed by atoms with Crippen LogP contribution in [0.5, 0.6) is 0 Å². The fraction of sp³-hybridized carbons (Fsp3) is 1.00. The summed E-state index contributed by atoms with van der Waals surface area (Å²) in [5.74, 6) is 0.913. The summed E-state index contributed by atoms with van der Waals surface area (Å²) in [6.45, 7) is 7.57. The minimum atomic E-state index is 0.164. The summed E-state index contributed by atoms with van der Waals surface area (Å²) in [5.41, 5.74) is 0.164. The second-order valence-corrected chi connectivity index (χ2v) is 6.41. The lowest BCUT2D eigenvalue weighted by Crippen LogP contribution is -2.32. The van der Waals surface area contributed by atoms with E-state index in [1.54, 1.807) is 0 Å². The summed E-state index contributed by atoms with van der Waals surface area (Å²) < 4.78 is 5.65. The smallest absolute Gasteiger partial charge is 0.0518 e. The average Bonchev–Trinajstić information content (AvgIpc) is 2.37. The largest absolute Gasteiger partial charge is 0.396 e. The molecule has 0 aliphatic heterocycles. The van der Waals surface area contributed by atoms with E-state index in [-0.39, 0.29) is 5.41 Å². The first kappa shape index (κ1) is 16.0. The number of hydrogen-bond donors (Lipinski definition) is 1. The van der Waals surface area contributed by atoms with Gasteiger partial charge in [-0.3, -0.25) is 0 Å². The van der Waals surface area contributed by atoms with Gasteiger partial charge in [-0.05, 0) is 57.3 Å². The number of unbranched alkanes of at least 4 members (excludes halogenated alkanes) is 1. The Kier molecular flexibility index (Phi) is 7.25. The molecule has 108 valence electrons. The topological polar surface area (TPSA) is 29.5 Å². The number of hydrogen-bond acceptors (Lipinski definition) is 2. The third kappa shape index (κ3) is 5.27. The summed E-state index contributed by atoms with van der Waals surface area (Å²) in [5, 5.41) is 9.71. The molecular formula is C16H32O2. The van der Waals surface area contributed by atoms with Gasteiger partial charge in [0.25, 0.3) is 0 Å². The lowest BCUT2D eigenvalue weighted by atomic mass is 9.68. The van der Waals surface area contributed by atoms with Gasteiger partial charge in [-0.25, -0.2) is 0 Å². The third-order valence-electron chi connectivity index (χ3n) is 4.55. The molecule has 0 saturated heterocycles. The van der Waals surface area contributed by atoms with Crippen molar-refractivity contribution < 1.29 is 9.84 Å². The first-order valence-electron chi connectivity index (χ1n) is 7.84. The molecule has 18 heavy (non-hydrogen) atoms. The van der Waals surface area contributed by atoms with Crippen LogP contribution in [0, 0.1) is 11.3 Å². The van der Waals surface area contributed by atoms with Gasteiger partial charge in [-0.15, -0.1) is 0 Å². The molecule has 0 aromatic carbocycles. The van der Waals surface area contributed by atoms with Crippen LogP contribution < -0.4 is 0 Å². The van der Waals surface area contributed by atoms with E-state index in [0.717, 1.165) is 18.9 Å². The van der Waals surface area contributed by atoms with Crippen molar-refractivity contribution in [3.63, 3.8) is 0 Å². The van der Waals surface area contributed by atoms with Crippen molar-refractivity contribution in [2.24, 2.45) is 11.3 Å². The highest BCUT2D eigenvalue weighted by atomic mass is 16.5. The van der Waals surface area contributed by atoms with Gasteiger partial charge in [0.15, 0.2) is 0 Å². The van der Waals surface area contributed by atoms with E-state index in [4.69, 9.17) is 4.74 Å². The van der Waals surface area contributed by atoms with Gasteiger partial charge >= 0.3 is 0 Å². The zero-order valence-corrected chi connectivity index (χ0v) is 12.6. The first-order chi connectivity index (χ1) is 8.62. The minimum Gasteiger partial charge on any atom is -0.396 e. The predicted octanol–water partition coefficient (Wildman–Crippen LogP) is 4.16. The minimum absolute atomic E-state index is 0.164. The van der Waals surface area contributed by atoms with Crippen LogP contribution in [-0.2, 0) is 4.74 Å². The van der Waals surface area contributed by atoms with Crippen LogP contribution in [0.1, 0.15) is 72.1 Å². The van der Waals surface area contributed by atoms with Gasteiger partial charge < -0.3 is 9.84 Å². The van der Waals surface area contributed by atoms with Crippen LogP contribution >= 0.6 is 0 Å². The van der Waals surface area contributed by atoms with Crippen molar-refractivity contribution in [1.82, 2.24) is 0 Å². The van der Waals surface area contributed by atoms with E-state index >= 15 is 0 Å². The van der Waals surface area contributed by atoms with E-state index < -0.39 is 0 Å². The van der Waals surface area contributed by atoms with Crippen LogP contribution in [0.4, 0.5) is 0 Å². The van der Waals surface area contributed by atoms with Crippen molar-refractivity contribution >= 4 is 0 Å². The Morgan fingerprint density at radius 1 is 1.28 bits per heavy atom. The molecule has 2 nitrogen and oxygen atoms in total. The molecule has 0 heterocycles. The molecule has 0 aromatic rings. The summed E-state index contributed by atoms with van der Waals surface area (Å²) >= 11 is 0.